The van der Waals surface area contributed by atoms with Gasteiger partial charge in [-0.05, 0) is 0 Å². The van der Waals surface area contributed by atoms with Crippen molar-refractivity contribution in [2.75, 3.05) is 0 Å². The largest absolute Gasteiger partial charge is 0.422 e. The molecule has 0 spiro atoms. The zero-order chi connectivity index (χ0) is 8.27. The van der Waals surface area contributed by atoms with Crippen molar-refractivity contribution in [3.05, 3.63) is 12.2 Å². The summed E-state index contributed by atoms with van der Waals surface area (Å²) in [6, 6.07) is 0. The second-order valence-electron chi connectivity index (χ2n) is 2.04. The Morgan fingerprint density at radius 1 is 1.27 bits per heavy atom. The Hall–Kier alpha value is -1.32. The molecule has 60 valence electrons. The molecule has 0 atom stereocenters. The number of ether oxygens (including phenoxy) is 2. The molecule has 0 aromatic carbocycles. The third-order valence-electron chi connectivity index (χ3n) is 1.18. The summed E-state index contributed by atoms with van der Waals surface area (Å²) in [6.45, 7) is 1.76. The maximum absolute atomic E-state index is 10.7. The smallest absolute Gasteiger partial charge is 0.334 e. The number of carbonyl (C=O) groups is 2. The summed E-state index contributed by atoms with van der Waals surface area (Å²) >= 11 is 0. The molecule has 4 nitrogen and oxygen atoms in total. The molecule has 0 amide bonds. The van der Waals surface area contributed by atoms with Gasteiger partial charge in [0, 0.05) is 18.6 Å². The lowest BCUT2D eigenvalue weighted by Crippen LogP contribution is -2.19. The number of hydrogen-bond acceptors (Lipinski definition) is 4. The second kappa shape index (κ2) is 3.18. The molecular weight excluding hydrogens is 148 g/mol. The highest BCUT2D eigenvalue weighted by atomic mass is 16.7. The van der Waals surface area contributed by atoms with Crippen molar-refractivity contribution in [2.45, 2.75) is 19.6 Å². The van der Waals surface area contributed by atoms with Crippen molar-refractivity contribution in [1.82, 2.24) is 0 Å². The van der Waals surface area contributed by atoms with E-state index >= 15 is 0 Å². The highest BCUT2D eigenvalue weighted by molar-refractivity contribution is 5.92. The van der Waals surface area contributed by atoms with Crippen LogP contribution < -0.4 is 0 Å². The van der Waals surface area contributed by atoms with Gasteiger partial charge in [-0.15, -0.1) is 0 Å². The molecule has 0 aromatic heterocycles. The quantitative estimate of drug-likeness (QED) is 0.515. The van der Waals surface area contributed by atoms with Crippen molar-refractivity contribution in [1.29, 1.82) is 0 Å². The number of hydrogen-bond donors (Lipinski definition) is 0. The van der Waals surface area contributed by atoms with Gasteiger partial charge in [0.05, 0.1) is 0 Å². The van der Waals surface area contributed by atoms with Crippen LogP contribution in [0.1, 0.15) is 13.3 Å². The molecule has 1 rings (SSSR count). The van der Waals surface area contributed by atoms with E-state index < -0.39 is 18.2 Å². The highest BCUT2D eigenvalue weighted by Gasteiger charge is 2.17. The minimum Gasteiger partial charge on any atom is -0.422 e. The van der Waals surface area contributed by atoms with Crippen LogP contribution in [0.25, 0.3) is 0 Å². The van der Waals surface area contributed by atoms with Crippen LogP contribution in [0.5, 0.6) is 0 Å². The molecule has 11 heavy (non-hydrogen) atoms. The second-order valence-corrected chi connectivity index (χ2v) is 2.04. The number of carbonyl (C=O) groups excluding carboxylic acids is 2. The minimum absolute atomic E-state index is 0.471. The van der Waals surface area contributed by atoms with Crippen LogP contribution in [0.2, 0.25) is 0 Å². The topological polar surface area (TPSA) is 52.6 Å². The fourth-order valence-electron chi connectivity index (χ4n) is 0.664. The molecule has 0 unspecified atom stereocenters. The monoisotopic (exact) mass is 156 g/mol. The molecule has 1 aliphatic rings. The van der Waals surface area contributed by atoms with Crippen LogP contribution in [0.4, 0.5) is 0 Å². The van der Waals surface area contributed by atoms with Crippen molar-refractivity contribution in [3.63, 3.8) is 0 Å². The van der Waals surface area contributed by atoms with E-state index in [2.05, 4.69) is 9.47 Å². The van der Waals surface area contributed by atoms with Crippen molar-refractivity contribution in [3.8, 4) is 0 Å². The summed E-state index contributed by atoms with van der Waals surface area (Å²) in [7, 11) is 0. The third-order valence-corrected chi connectivity index (χ3v) is 1.18. The van der Waals surface area contributed by atoms with Gasteiger partial charge in [-0.1, -0.05) is 6.92 Å². The maximum atomic E-state index is 10.7. The lowest BCUT2D eigenvalue weighted by Gasteiger charge is -2.11. The van der Waals surface area contributed by atoms with E-state index in [1.165, 1.54) is 0 Å². The molecular formula is C7H8O4. The average molecular weight is 156 g/mol. The lowest BCUT2D eigenvalue weighted by molar-refractivity contribution is -0.178. The Bertz CT molecular complexity index is 186. The standard InChI is InChI=1S/C7H8O4/c1-2-7-10-5(8)3-4-6(9)11-7/h3-4,7H,2H2,1H3. The van der Waals surface area contributed by atoms with Crippen LogP contribution in [0.15, 0.2) is 12.2 Å². The first-order chi connectivity index (χ1) is 5.22. The van der Waals surface area contributed by atoms with Crippen LogP contribution in [0, 0.1) is 0 Å². The molecule has 0 saturated carbocycles. The first-order valence-corrected chi connectivity index (χ1v) is 3.31. The summed E-state index contributed by atoms with van der Waals surface area (Å²) < 4.78 is 9.32. The molecule has 0 saturated heterocycles. The fraction of sp³-hybridized carbons (Fsp3) is 0.429. The highest BCUT2D eigenvalue weighted by Crippen LogP contribution is 2.05. The van der Waals surface area contributed by atoms with Gasteiger partial charge in [-0.3, -0.25) is 0 Å². The Labute approximate surface area is 63.8 Å². The summed E-state index contributed by atoms with van der Waals surface area (Å²) in [5, 5.41) is 0. The van der Waals surface area contributed by atoms with Gasteiger partial charge >= 0.3 is 11.9 Å². The first-order valence-electron chi connectivity index (χ1n) is 3.31. The van der Waals surface area contributed by atoms with Crippen LogP contribution >= 0.6 is 0 Å². The van der Waals surface area contributed by atoms with E-state index in [0.29, 0.717) is 6.42 Å². The fourth-order valence-corrected chi connectivity index (χ4v) is 0.664. The normalized spacial score (nSPS) is 19.0. The van der Waals surface area contributed by atoms with Crippen molar-refractivity contribution in [2.24, 2.45) is 0 Å². The Morgan fingerprint density at radius 2 is 1.73 bits per heavy atom. The minimum atomic E-state index is -0.731. The van der Waals surface area contributed by atoms with Crippen molar-refractivity contribution < 1.29 is 19.1 Å². The molecule has 0 N–H and O–H groups in total. The Balaban J connectivity index is 2.65. The predicted molar refractivity (Wildman–Crippen MR) is 35.4 cm³/mol. The molecule has 0 bridgehead atoms. The van der Waals surface area contributed by atoms with E-state index in [4.69, 9.17) is 0 Å². The van der Waals surface area contributed by atoms with Crippen molar-refractivity contribution >= 4 is 11.9 Å². The molecule has 0 aromatic rings. The predicted octanol–water partition coefficient (Wildman–Crippen LogP) is 0.379. The van der Waals surface area contributed by atoms with Gasteiger partial charge in [0.25, 0.3) is 0 Å². The SMILES string of the molecule is CCC1OC(=O)C=CC(=O)O1. The number of esters is 2. The van der Waals surface area contributed by atoms with Gasteiger partial charge in [-0.2, -0.15) is 0 Å². The van der Waals surface area contributed by atoms with E-state index in [-0.39, 0.29) is 0 Å². The average Bonchev–Trinajstić information content (AvgIpc) is 2.13. The molecule has 0 radical (unpaired) electrons. The molecule has 0 aliphatic carbocycles. The summed E-state index contributed by atoms with van der Waals surface area (Å²) in [5.74, 6) is -1.08. The molecule has 0 fully saturated rings. The maximum Gasteiger partial charge on any atom is 0.334 e. The Morgan fingerprint density at radius 3 is 2.09 bits per heavy atom. The third kappa shape index (κ3) is 2.07. The number of rotatable bonds is 1. The van der Waals surface area contributed by atoms with Gasteiger partial charge in [-0.25, -0.2) is 9.59 Å². The van der Waals surface area contributed by atoms with Gasteiger partial charge in [0.2, 0.25) is 6.29 Å². The summed E-state index contributed by atoms with van der Waals surface area (Å²) in [5.41, 5.74) is 0. The first kappa shape index (κ1) is 7.78. The van der Waals surface area contributed by atoms with E-state index in [1.54, 1.807) is 6.92 Å². The molecule has 1 aliphatic heterocycles. The number of cyclic esters (lactones) is 2. The lowest BCUT2D eigenvalue weighted by atomic mass is 10.5. The van der Waals surface area contributed by atoms with E-state index in [0.717, 1.165) is 12.2 Å². The van der Waals surface area contributed by atoms with Gasteiger partial charge < -0.3 is 9.47 Å². The van der Waals surface area contributed by atoms with Crippen LogP contribution in [-0.4, -0.2) is 18.2 Å². The summed E-state index contributed by atoms with van der Waals surface area (Å²) in [4.78, 5) is 21.3. The molecule has 1 heterocycles. The summed E-state index contributed by atoms with van der Waals surface area (Å²) in [6.07, 6.45) is 1.85. The van der Waals surface area contributed by atoms with Crippen LogP contribution in [-0.2, 0) is 19.1 Å². The van der Waals surface area contributed by atoms with E-state index in [9.17, 15) is 9.59 Å². The van der Waals surface area contributed by atoms with Gasteiger partial charge in [0.15, 0.2) is 0 Å². The van der Waals surface area contributed by atoms with Gasteiger partial charge in [0.1, 0.15) is 0 Å². The van der Waals surface area contributed by atoms with Crippen LogP contribution in [0.3, 0.4) is 0 Å². The Kier molecular flexibility index (Phi) is 2.25. The zero-order valence-electron chi connectivity index (χ0n) is 6.07. The van der Waals surface area contributed by atoms with E-state index in [1.807, 2.05) is 0 Å². The molecule has 4 heteroatoms. The zero-order valence-corrected chi connectivity index (χ0v) is 6.07.